The number of anilines is 3. The van der Waals surface area contributed by atoms with E-state index in [0.717, 1.165) is 30.3 Å². The molecule has 0 saturated carbocycles. The number of rotatable bonds is 4. The van der Waals surface area contributed by atoms with Gasteiger partial charge in [-0.25, -0.2) is 9.97 Å². The van der Waals surface area contributed by atoms with Gasteiger partial charge in [0.25, 0.3) is 5.91 Å². The summed E-state index contributed by atoms with van der Waals surface area (Å²) in [5, 5.41) is 3.31. The first-order valence-corrected chi connectivity index (χ1v) is 9.44. The number of hydrogen-bond donors (Lipinski definition) is 1. The minimum Gasteiger partial charge on any atom is -0.354 e. The van der Waals surface area contributed by atoms with Gasteiger partial charge in [-0.05, 0) is 48.9 Å². The molecule has 1 aliphatic rings. The highest BCUT2D eigenvalue weighted by molar-refractivity contribution is 5.92. The van der Waals surface area contributed by atoms with Gasteiger partial charge in [-0.3, -0.25) is 4.79 Å². The topological polar surface area (TPSA) is 61.4 Å². The Balaban J connectivity index is 1.36. The van der Waals surface area contributed by atoms with Crippen molar-refractivity contribution in [1.82, 2.24) is 14.9 Å². The van der Waals surface area contributed by atoms with Crippen LogP contribution in [0.25, 0.3) is 0 Å². The van der Waals surface area contributed by atoms with Gasteiger partial charge < -0.3 is 15.1 Å². The smallest absolute Gasteiger partial charge is 0.272 e. The van der Waals surface area contributed by atoms with Gasteiger partial charge in [-0.15, -0.1) is 0 Å². The second kappa shape index (κ2) is 8.08. The third kappa shape index (κ3) is 4.11. The van der Waals surface area contributed by atoms with Crippen molar-refractivity contribution in [2.75, 3.05) is 36.4 Å². The first-order chi connectivity index (χ1) is 13.7. The molecule has 6 heteroatoms. The Kier molecular flexibility index (Phi) is 5.19. The Morgan fingerprint density at radius 1 is 0.929 bits per heavy atom. The fourth-order valence-electron chi connectivity index (χ4n) is 3.33. The molecule has 0 unspecified atom stereocenters. The number of aromatic nitrogens is 2. The molecule has 0 spiro atoms. The number of benzene rings is 1. The molecule has 4 rings (SSSR count). The molecule has 3 heterocycles. The van der Waals surface area contributed by atoms with Crippen molar-refractivity contribution in [2.45, 2.75) is 6.92 Å². The quantitative estimate of drug-likeness (QED) is 0.759. The van der Waals surface area contributed by atoms with Crippen LogP contribution >= 0.6 is 0 Å². The largest absolute Gasteiger partial charge is 0.354 e. The molecule has 1 saturated heterocycles. The van der Waals surface area contributed by atoms with Crippen molar-refractivity contribution in [3.8, 4) is 0 Å². The van der Waals surface area contributed by atoms with Crippen molar-refractivity contribution >= 4 is 23.1 Å². The maximum Gasteiger partial charge on any atom is 0.272 e. The van der Waals surface area contributed by atoms with Crippen LogP contribution < -0.4 is 10.2 Å². The van der Waals surface area contributed by atoms with E-state index in [2.05, 4.69) is 39.2 Å². The highest BCUT2D eigenvalue weighted by Crippen LogP contribution is 2.18. The maximum absolute atomic E-state index is 12.8. The molecule has 142 valence electrons. The highest BCUT2D eigenvalue weighted by atomic mass is 16.2. The fourth-order valence-corrected chi connectivity index (χ4v) is 3.33. The van der Waals surface area contributed by atoms with E-state index in [0.29, 0.717) is 18.8 Å². The molecule has 1 amide bonds. The van der Waals surface area contributed by atoms with E-state index in [4.69, 9.17) is 0 Å². The number of carbonyl (C=O) groups is 1. The summed E-state index contributed by atoms with van der Waals surface area (Å²) in [6, 6.07) is 17.7. The van der Waals surface area contributed by atoms with Gasteiger partial charge in [0.15, 0.2) is 0 Å². The van der Waals surface area contributed by atoms with Gasteiger partial charge >= 0.3 is 0 Å². The molecule has 28 heavy (non-hydrogen) atoms. The molecule has 0 aliphatic carbocycles. The molecule has 3 aromatic rings. The summed E-state index contributed by atoms with van der Waals surface area (Å²) in [5.74, 6) is 0.932. The van der Waals surface area contributed by atoms with E-state index >= 15 is 0 Å². The van der Waals surface area contributed by atoms with Crippen LogP contribution in [-0.4, -0.2) is 47.0 Å². The predicted molar refractivity (Wildman–Crippen MR) is 111 cm³/mol. The molecule has 1 aliphatic heterocycles. The normalized spacial score (nSPS) is 14.0. The Morgan fingerprint density at radius 3 is 2.46 bits per heavy atom. The summed E-state index contributed by atoms with van der Waals surface area (Å²) in [7, 11) is 0. The first-order valence-electron chi connectivity index (χ1n) is 9.44. The summed E-state index contributed by atoms with van der Waals surface area (Å²) in [6.45, 7) is 4.94. The Hall–Kier alpha value is -3.41. The van der Waals surface area contributed by atoms with E-state index in [9.17, 15) is 4.79 Å². The predicted octanol–water partition coefficient (Wildman–Crippen LogP) is 3.49. The molecule has 1 fully saturated rings. The van der Waals surface area contributed by atoms with Crippen LogP contribution in [0.4, 0.5) is 17.2 Å². The van der Waals surface area contributed by atoms with E-state index < -0.39 is 0 Å². The number of amides is 1. The van der Waals surface area contributed by atoms with Crippen molar-refractivity contribution < 1.29 is 4.79 Å². The molecule has 1 N–H and O–H groups in total. The van der Waals surface area contributed by atoms with Crippen LogP contribution in [0.1, 0.15) is 16.1 Å². The van der Waals surface area contributed by atoms with E-state index in [1.165, 1.54) is 5.56 Å². The lowest BCUT2D eigenvalue weighted by Gasteiger charge is -2.35. The second-order valence-electron chi connectivity index (χ2n) is 6.89. The lowest BCUT2D eigenvalue weighted by Crippen LogP contribution is -2.49. The number of nitrogens with zero attached hydrogens (tertiary/aromatic N) is 4. The van der Waals surface area contributed by atoms with E-state index in [-0.39, 0.29) is 5.91 Å². The summed E-state index contributed by atoms with van der Waals surface area (Å²) in [4.78, 5) is 25.6. The number of nitrogens with one attached hydrogen (secondary N) is 1. The lowest BCUT2D eigenvalue weighted by molar-refractivity contribution is 0.0740. The van der Waals surface area contributed by atoms with Crippen molar-refractivity contribution in [2.24, 2.45) is 0 Å². The van der Waals surface area contributed by atoms with E-state index in [1.54, 1.807) is 18.5 Å². The fraction of sp³-hybridized carbons (Fsp3) is 0.227. The van der Waals surface area contributed by atoms with Gasteiger partial charge in [-0.1, -0.05) is 18.2 Å². The Labute approximate surface area is 164 Å². The monoisotopic (exact) mass is 373 g/mol. The first kappa shape index (κ1) is 18.0. The number of pyridine rings is 2. The lowest BCUT2D eigenvalue weighted by atomic mass is 10.2. The molecule has 0 radical (unpaired) electrons. The number of aryl methyl sites for hydroxylation is 1. The Bertz CT molecular complexity index is 935. The third-order valence-electron chi connectivity index (χ3n) is 4.83. The van der Waals surface area contributed by atoms with Crippen molar-refractivity contribution in [3.63, 3.8) is 0 Å². The molecule has 6 nitrogen and oxygen atoms in total. The second-order valence-corrected chi connectivity index (χ2v) is 6.89. The minimum atomic E-state index is -0.0252. The zero-order valence-corrected chi connectivity index (χ0v) is 15.9. The van der Waals surface area contributed by atoms with Gasteiger partial charge in [0, 0.05) is 38.1 Å². The minimum absolute atomic E-state index is 0.0252. The molecule has 1 aromatic carbocycles. The SMILES string of the molecule is Cc1cccc(Nc2ccc(C(=O)N3CCN(c4ccccn4)CC3)nc2)c1. The molecule has 0 bridgehead atoms. The van der Waals surface area contributed by atoms with Crippen molar-refractivity contribution in [3.05, 3.63) is 78.2 Å². The van der Waals surface area contributed by atoms with Gasteiger partial charge in [0.05, 0.1) is 11.9 Å². The Morgan fingerprint density at radius 2 is 1.79 bits per heavy atom. The number of carbonyl (C=O) groups excluding carboxylic acids is 1. The van der Waals surface area contributed by atoms with Crippen LogP contribution in [0, 0.1) is 6.92 Å². The zero-order chi connectivity index (χ0) is 19.3. The summed E-state index contributed by atoms with van der Waals surface area (Å²) < 4.78 is 0. The van der Waals surface area contributed by atoms with Gasteiger partial charge in [0.1, 0.15) is 11.5 Å². The summed E-state index contributed by atoms with van der Waals surface area (Å²) in [5.41, 5.74) is 3.53. The van der Waals surface area contributed by atoms with Gasteiger partial charge in [0.2, 0.25) is 0 Å². The third-order valence-corrected chi connectivity index (χ3v) is 4.83. The average Bonchev–Trinajstić information content (AvgIpc) is 2.75. The van der Waals surface area contributed by atoms with Crippen LogP contribution in [0.2, 0.25) is 0 Å². The van der Waals surface area contributed by atoms with E-state index in [1.807, 2.05) is 41.3 Å². The van der Waals surface area contributed by atoms with Crippen LogP contribution in [-0.2, 0) is 0 Å². The standard InChI is InChI=1S/C22H23N5O/c1-17-5-4-6-18(15-17)25-19-8-9-20(24-16-19)22(28)27-13-11-26(12-14-27)21-7-2-3-10-23-21/h2-10,15-16,25H,11-14H2,1H3. The van der Waals surface area contributed by atoms with Gasteiger partial charge in [-0.2, -0.15) is 0 Å². The number of piperazine rings is 1. The highest BCUT2D eigenvalue weighted by Gasteiger charge is 2.23. The van der Waals surface area contributed by atoms with Crippen LogP contribution in [0.15, 0.2) is 67.0 Å². The zero-order valence-electron chi connectivity index (χ0n) is 15.9. The summed E-state index contributed by atoms with van der Waals surface area (Å²) >= 11 is 0. The van der Waals surface area contributed by atoms with Crippen molar-refractivity contribution in [1.29, 1.82) is 0 Å². The van der Waals surface area contributed by atoms with Crippen LogP contribution in [0.5, 0.6) is 0 Å². The molecular weight excluding hydrogens is 350 g/mol. The molecular formula is C22H23N5O. The average molecular weight is 373 g/mol. The maximum atomic E-state index is 12.8. The molecule has 0 atom stereocenters. The van der Waals surface area contributed by atoms with Crippen LogP contribution in [0.3, 0.4) is 0 Å². The number of hydrogen-bond acceptors (Lipinski definition) is 5. The summed E-state index contributed by atoms with van der Waals surface area (Å²) in [6.07, 6.45) is 3.50. The molecule has 2 aromatic heterocycles.